The number of carbonyl (C=O) groups is 1. The van der Waals surface area contributed by atoms with Gasteiger partial charge in [0.05, 0.1) is 11.0 Å². The first-order chi connectivity index (χ1) is 13.8. The van der Waals surface area contributed by atoms with Gasteiger partial charge in [0.15, 0.2) is 0 Å². The van der Waals surface area contributed by atoms with Crippen molar-refractivity contribution in [2.24, 2.45) is 0 Å². The second-order valence-corrected chi connectivity index (χ2v) is 7.39. The van der Waals surface area contributed by atoms with Crippen LogP contribution >= 0.6 is 0 Å². The molecule has 3 aromatic rings. The molecule has 1 N–H and O–H groups in total. The summed E-state index contributed by atoms with van der Waals surface area (Å²) in [4.78, 5) is 20.8. The van der Waals surface area contributed by atoms with Crippen LogP contribution in [0.2, 0.25) is 0 Å². The SMILES string of the molecule is C[C@@]1(Cc2cncnc2)C(=O)NCc2ccc(-c3cccc(C(F)(F)F)c3)cc21. The zero-order valence-corrected chi connectivity index (χ0v) is 15.6. The zero-order chi connectivity index (χ0) is 20.6. The second kappa shape index (κ2) is 6.99. The summed E-state index contributed by atoms with van der Waals surface area (Å²) in [6, 6.07) is 10.7. The van der Waals surface area contributed by atoms with E-state index in [2.05, 4.69) is 15.3 Å². The standard InChI is InChI=1S/C22H18F3N3O/c1-21(9-14-10-26-13-27-11-14)19-8-16(5-6-17(19)12-28-20(21)29)15-3-2-4-18(7-15)22(23,24)25/h2-8,10-11,13H,9,12H2,1H3,(H,28,29)/t21-/m0/s1. The zero-order valence-electron chi connectivity index (χ0n) is 15.6. The van der Waals surface area contributed by atoms with Crippen molar-refractivity contribution in [2.45, 2.75) is 31.5 Å². The van der Waals surface area contributed by atoms with Crippen LogP contribution in [0.15, 0.2) is 61.2 Å². The second-order valence-electron chi connectivity index (χ2n) is 7.39. The van der Waals surface area contributed by atoms with Gasteiger partial charge < -0.3 is 5.32 Å². The van der Waals surface area contributed by atoms with Gasteiger partial charge in [0.25, 0.3) is 0 Å². The molecule has 1 atom stereocenters. The van der Waals surface area contributed by atoms with Crippen molar-refractivity contribution in [3.8, 4) is 11.1 Å². The van der Waals surface area contributed by atoms with Crippen molar-refractivity contribution >= 4 is 5.91 Å². The van der Waals surface area contributed by atoms with Gasteiger partial charge in [-0.15, -0.1) is 0 Å². The number of nitrogens with zero attached hydrogens (tertiary/aromatic N) is 2. The van der Waals surface area contributed by atoms with Crippen LogP contribution in [0, 0.1) is 0 Å². The first-order valence-electron chi connectivity index (χ1n) is 9.10. The highest BCUT2D eigenvalue weighted by Crippen LogP contribution is 2.38. The molecule has 1 aliphatic heterocycles. The molecule has 29 heavy (non-hydrogen) atoms. The molecule has 2 heterocycles. The Hall–Kier alpha value is -3.22. The lowest BCUT2D eigenvalue weighted by Crippen LogP contribution is -2.48. The Balaban J connectivity index is 1.79. The molecule has 0 saturated heterocycles. The summed E-state index contributed by atoms with van der Waals surface area (Å²) in [6.45, 7) is 2.22. The number of hydrogen-bond acceptors (Lipinski definition) is 3. The van der Waals surface area contributed by atoms with Crippen LogP contribution in [0.4, 0.5) is 13.2 Å². The van der Waals surface area contributed by atoms with E-state index in [-0.39, 0.29) is 5.91 Å². The predicted molar refractivity (Wildman–Crippen MR) is 102 cm³/mol. The van der Waals surface area contributed by atoms with Gasteiger partial charge in [0.2, 0.25) is 5.91 Å². The summed E-state index contributed by atoms with van der Waals surface area (Å²) in [6.07, 6.45) is 0.726. The Morgan fingerprint density at radius 3 is 2.52 bits per heavy atom. The molecular weight excluding hydrogens is 379 g/mol. The van der Waals surface area contributed by atoms with Crippen molar-refractivity contribution in [1.82, 2.24) is 15.3 Å². The van der Waals surface area contributed by atoms with Gasteiger partial charge in [-0.2, -0.15) is 13.2 Å². The van der Waals surface area contributed by atoms with E-state index in [1.807, 2.05) is 19.1 Å². The van der Waals surface area contributed by atoms with E-state index in [0.717, 1.165) is 28.8 Å². The van der Waals surface area contributed by atoms with Crippen LogP contribution in [0.3, 0.4) is 0 Å². The third-order valence-electron chi connectivity index (χ3n) is 5.34. The van der Waals surface area contributed by atoms with E-state index in [0.29, 0.717) is 24.1 Å². The molecule has 148 valence electrons. The van der Waals surface area contributed by atoms with Gasteiger partial charge in [-0.05, 0) is 59.4 Å². The van der Waals surface area contributed by atoms with Gasteiger partial charge in [-0.1, -0.05) is 24.3 Å². The van der Waals surface area contributed by atoms with E-state index in [1.165, 1.54) is 12.4 Å². The molecule has 0 fully saturated rings. The number of amides is 1. The van der Waals surface area contributed by atoms with Gasteiger partial charge >= 0.3 is 6.18 Å². The average Bonchev–Trinajstić information content (AvgIpc) is 2.71. The highest BCUT2D eigenvalue weighted by molar-refractivity contribution is 5.90. The van der Waals surface area contributed by atoms with Crippen LogP contribution in [-0.4, -0.2) is 15.9 Å². The monoisotopic (exact) mass is 397 g/mol. The number of halogens is 3. The minimum absolute atomic E-state index is 0.130. The number of benzene rings is 2. The molecule has 1 amide bonds. The fourth-order valence-corrected chi connectivity index (χ4v) is 3.80. The Kier molecular flexibility index (Phi) is 4.61. The van der Waals surface area contributed by atoms with Crippen LogP contribution in [0.25, 0.3) is 11.1 Å². The molecule has 0 spiro atoms. The minimum atomic E-state index is -4.41. The van der Waals surface area contributed by atoms with E-state index >= 15 is 0 Å². The molecule has 0 aliphatic carbocycles. The van der Waals surface area contributed by atoms with Crippen LogP contribution in [0.5, 0.6) is 0 Å². The maximum absolute atomic E-state index is 13.1. The Labute approximate surface area is 165 Å². The summed E-state index contributed by atoms with van der Waals surface area (Å²) in [7, 11) is 0. The third kappa shape index (κ3) is 3.60. The molecule has 7 heteroatoms. The lowest BCUT2D eigenvalue weighted by Gasteiger charge is -2.35. The number of nitrogens with one attached hydrogen (secondary N) is 1. The molecule has 0 saturated carbocycles. The number of fused-ring (bicyclic) bond motifs is 1. The van der Waals surface area contributed by atoms with Crippen molar-refractivity contribution in [3.05, 3.63) is 83.4 Å². The van der Waals surface area contributed by atoms with Gasteiger partial charge in [-0.25, -0.2) is 9.97 Å². The number of alkyl halides is 3. The Bertz CT molecular complexity index is 1070. The molecule has 0 unspecified atom stereocenters. The lowest BCUT2D eigenvalue weighted by atomic mass is 9.72. The minimum Gasteiger partial charge on any atom is -0.351 e. The molecule has 0 radical (unpaired) electrons. The average molecular weight is 397 g/mol. The maximum atomic E-state index is 13.1. The van der Waals surface area contributed by atoms with Crippen molar-refractivity contribution in [2.75, 3.05) is 0 Å². The van der Waals surface area contributed by atoms with Crippen LogP contribution in [-0.2, 0) is 29.4 Å². The van der Waals surface area contributed by atoms with E-state index in [4.69, 9.17) is 0 Å². The molecule has 0 bridgehead atoms. The quantitative estimate of drug-likeness (QED) is 0.717. The molecule has 4 nitrogen and oxygen atoms in total. The third-order valence-corrected chi connectivity index (χ3v) is 5.34. The fourth-order valence-electron chi connectivity index (χ4n) is 3.80. The van der Waals surface area contributed by atoms with Crippen molar-refractivity contribution in [1.29, 1.82) is 0 Å². The normalized spacial score (nSPS) is 18.8. The summed E-state index contributed by atoms with van der Waals surface area (Å²) in [5, 5.41) is 2.91. The smallest absolute Gasteiger partial charge is 0.351 e. The largest absolute Gasteiger partial charge is 0.416 e. The number of aromatic nitrogens is 2. The predicted octanol–water partition coefficient (Wildman–Crippen LogP) is 4.29. The Morgan fingerprint density at radius 1 is 1.07 bits per heavy atom. The summed E-state index contributed by atoms with van der Waals surface area (Å²) >= 11 is 0. The summed E-state index contributed by atoms with van der Waals surface area (Å²) in [5.74, 6) is -0.130. The first-order valence-corrected chi connectivity index (χ1v) is 9.10. The van der Waals surface area contributed by atoms with E-state index in [9.17, 15) is 18.0 Å². The number of hydrogen-bond donors (Lipinski definition) is 1. The summed E-state index contributed by atoms with van der Waals surface area (Å²) in [5.41, 5.74) is 2.08. The molecule has 4 rings (SSSR count). The van der Waals surface area contributed by atoms with Crippen molar-refractivity contribution in [3.63, 3.8) is 0 Å². The number of rotatable bonds is 3. The van der Waals surface area contributed by atoms with Gasteiger partial charge in [-0.3, -0.25) is 4.79 Å². The first kappa shape index (κ1) is 19.1. The van der Waals surface area contributed by atoms with Gasteiger partial charge in [0, 0.05) is 18.9 Å². The highest BCUT2D eigenvalue weighted by Gasteiger charge is 2.40. The Morgan fingerprint density at radius 2 is 1.79 bits per heavy atom. The van der Waals surface area contributed by atoms with E-state index in [1.54, 1.807) is 24.5 Å². The van der Waals surface area contributed by atoms with Gasteiger partial charge in [0.1, 0.15) is 6.33 Å². The van der Waals surface area contributed by atoms with E-state index < -0.39 is 17.2 Å². The number of carbonyl (C=O) groups excluding carboxylic acids is 1. The molecule has 2 aromatic carbocycles. The molecule has 1 aliphatic rings. The van der Waals surface area contributed by atoms with Crippen LogP contribution < -0.4 is 5.32 Å². The van der Waals surface area contributed by atoms with Crippen LogP contribution in [0.1, 0.15) is 29.2 Å². The lowest BCUT2D eigenvalue weighted by molar-refractivity contribution is -0.137. The topological polar surface area (TPSA) is 54.9 Å². The highest BCUT2D eigenvalue weighted by atomic mass is 19.4. The van der Waals surface area contributed by atoms with Crippen molar-refractivity contribution < 1.29 is 18.0 Å². The molecular formula is C22H18F3N3O. The fraction of sp³-hybridized carbons (Fsp3) is 0.227. The summed E-state index contributed by atoms with van der Waals surface area (Å²) < 4.78 is 39.3. The molecule has 1 aromatic heterocycles. The maximum Gasteiger partial charge on any atom is 0.416 e.